The number of hydrogen-bond donors (Lipinski definition) is 5. The lowest BCUT2D eigenvalue weighted by Gasteiger charge is -2.29. The van der Waals surface area contributed by atoms with Gasteiger partial charge in [0, 0.05) is 19.8 Å². The highest BCUT2D eigenvalue weighted by atomic mass is 31.2. The number of nitrogens with two attached hydrogens (primary N) is 2. The number of H-pyrrole nitrogens is 2. The number of ether oxygens (including phenoxy) is 2. The van der Waals surface area contributed by atoms with Crippen LogP contribution in [0.5, 0.6) is 0 Å². The Balaban J connectivity index is 1.16. The number of nitrogens with zero attached hydrogens (tertiary/aromatic N) is 6. The highest BCUT2D eigenvalue weighted by molar-refractivity contribution is 7.53. The molecule has 0 aliphatic carbocycles. The van der Waals surface area contributed by atoms with Gasteiger partial charge in [-0.2, -0.15) is 9.97 Å². The van der Waals surface area contributed by atoms with E-state index in [0.717, 1.165) is 0 Å². The second kappa shape index (κ2) is 10.8. The second-order valence-corrected chi connectivity index (χ2v) is 14.8. The lowest BCUT2D eigenvalue weighted by molar-refractivity contribution is -0.0571. The van der Waals surface area contributed by atoms with Crippen molar-refractivity contribution in [3.8, 4) is 0 Å². The fraction of sp³-hybridized carbons (Fsp3) is 0.545. The van der Waals surface area contributed by atoms with Crippen molar-refractivity contribution in [2.45, 2.75) is 49.4 Å². The zero-order valence-electron chi connectivity index (χ0n) is 23.6. The number of aliphatic hydroxyl groups is 1. The van der Waals surface area contributed by atoms with Gasteiger partial charge < -0.3 is 39.6 Å². The number of nitrogen functional groups attached to an aromatic ring is 2. The number of rotatable bonds is 2. The highest BCUT2D eigenvalue weighted by Gasteiger charge is 2.51. The molecule has 0 amide bonds. The molecule has 3 saturated heterocycles. The monoisotopic (exact) mass is 670 g/mol. The maximum atomic E-state index is 13.6. The number of aromatic amines is 2. The van der Waals surface area contributed by atoms with Crippen LogP contribution in [0.4, 0.5) is 11.9 Å². The number of imidazole rings is 2. The summed E-state index contributed by atoms with van der Waals surface area (Å²) in [5, 5.41) is 11.3. The van der Waals surface area contributed by atoms with Crippen molar-refractivity contribution in [1.29, 1.82) is 0 Å². The van der Waals surface area contributed by atoms with E-state index in [4.69, 9.17) is 39.0 Å². The molecule has 45 heavy (non-hydrogen) atoms. The van der Waals surface area contributed by atoms with Crippen molar-refractivity contribution >= 4 is 49.4 Å². The molecule has 3 aliphatic heterocycles. The van der Waals surface area contributed by atoms with Crippen LogP contribution in [0.1, 0.15) is 18.9 Å². The van der Waals surface area contributed by atoms with Crippen LogP contribution < -0.4 is 22.6 Å². The van der Waals surface area contributed by atoms with Gasteiger partial charge in [-0.3, -0.25) is 42.3 Å². The number of anilines is 2. The van der Waals surface area contributed by atoms with Crippen LogP contribution in [0.2, 0.25) is 0 Å². The van der Waals surface area contributed by atoms with E-state index in [1.54, 1.807) is 0 Å². The standard InChI is InChI=1S/C22H28N10O11P2/c1-44(36)39-5-10-15(14(33)20(41-10)32-7-26-13-17(32)28-22(24)30-19(13)35)43-45(2,37)38-4-9-8(42-44)3-11(40-9)31-6-25-12-16(31)27-21(23)29-18(12)34/h6-11,14-15,20,33H,3-5H2,1-2H3,(H3,23,27,29,34)(H3,24,28,30,35)/t8?,9-,10-,11-,14?,15+,20-,44?,45?/m1/s1. The van der Waals surface area contributed by atoms with E-state index in [2.05, 4.69) is 29.9 Å². The van der Waals surface area contributed by atoms with Gasteiger partial charge in [0.2, 0.25) is 11.9 Å². The third-order valence-corrected chi connectivity index (χ3v) is 10.1. The molecule has 21 nitrogen and oxygen atoms in total. The highest BCUT2D eigenvalue weighted by Crippen LogP contribution is 2.54. The Labute approximate surface area is 251 Å². The van der Waals surface area contributed by atoms with Gasteiger partial charge in [-0.05, 0) is 0 Å². The predicted octanol–water partition coefficient (Wildman–Crippen LogP) is -0.574. The molecule has 7 heterocycles. The van der Waals surface area contributed by atoms with Gasteiger partial charge in [0.25, 0.3) is 11.1 Å². The molecule has 23 heteroatoms. The molecule has 0 radical (unpaired) electrons. The van der Waals surface area contributed by atoms with Crippen LogP contribution in [0.15, 0.2) is 22.2 Å². The summed E-state index contributed by atoms with van der Waals surface area (Å²) in [6, 6.07) is 0. The predicted molar refractivity (Wildman–Crippen MR) is 152 cm³/mol. The molecule has 3 fully saturated rings. The molecule has 3 aliphatic rings. The molecule has 7 N–H and O–H groups in total. The van der Waals surface area contributed by atoms with Gasteiger partial charge in [0.05, 0.1) is 32.0 Å². The molecule has 0 aromatic carbocycles. The lowest BCUT2D eigenvalue weighted by atomic mass is 10.1. The van der Waals surface area contributed by atoms with Crippen molar-refractivity contribution in [1.82, 2.24) is 39.0 Å². The molecular weight excluding hydrogens is 642 g/mol. The van der Waals surface area contributed by atoms with Crippen molar-refractivity contribution in [2.24, 2.45) is 0 Å². The molecule has 4 aromatic rings. The molecule has 0 saturated carbocycles. The molecular formula is C22H28N10O11P2. The van der Waals surface area contributed by atoms with Crippen molar-refractivity contribution < 1.29 is 41.8 Å². The quantitative estimate of drug-likeness (QED) is 0.167. The van der Waals surface area contributed by atoms with Crippen molar-refractivity contribution in [3.63, 3.8) is 0 Å². The molecule has 4 unspecified atom stereocenters. The molecule has 9 atom stereocenters. The first-order valence-electron chi connectivity index (χ1n) is 13.5. The molecule has 7 rings (SSSR count). The normalized spacial score (nSPS) is 36.0. The average Bonchev–Trinajstić information content (AvgIpc) is 3.71. The summed E-state index contributed by atoms with van der Waals surface area (Å²) in [7, 11) is -7.77. The Bertz CT molecular complexity index is 2010. The van der Waals surface area contributed by atoms with E-state index in [-0.39, 0.29) is 47.3 Å². The van der Waals surface area contributed by atoms with E-state index < -0.39 is 75.9 Å². The van der Waals surface area contributed by atoms with Crippen LogP contribution in [-0.4, -0.2) is 101 Å². The minimum absolute atomic E-state index is 0.0201. The first kappa shape index (κ1) is 30.2. The minimum atomic E-state index is -3.94. The van der Waals surface area contributed by atoms with Crippen LogP contribution >= 0.6 is 15.2 Å². The molecule has 0 spiro atoms. The summed E-state index contributed by atoms with van der Waals surface area (Å²) in [6.07, 6.45) is -5.17. The summed E-state index contributed by atoms with van der Waals surface area (Å²) < 4.78 is 65.0. The van der Waals surface area contributed by atoms with Crippen molar-refractivity contribution in [2.75, 3.05) is 38.0 Å². The average molecular weight is 670 g/mol. The van der Waals surface area contributed by atoms with E-state index in [1.165, 1.54) is 35.1 Å². The van der Waals surface area contributed by atoms with E-state index in [1.807, 2.05) is 0 Å². The molecule has 4 aromatic heterocycles. The summed E-state index contributed by atoms with van der Waals surface area (Å²) in [5.41, 5.74) is 10.4. The number of aromatic nitrogens is 8. The topological polar surface area (TPSA) is 289 Å². The number of fused-ring (bicyclic) bond motifs is 4. The Morgan fingerprint density at radius 2 is 1.40 bits per heavy atom. The Kier molecular flexibility index (Phi) is 7.23. The zero-order chi connectivity index (χ0) is 31.8. The number of hydrogen-bond acceptors (Lipinski definition) is 17. The third-order valence-electron chi connectivity index (χ3n) is 7.56. The van der Waals surface area contributed by atoms with Crippen LogP contribution in [0, 0.1) is 0 Å². The van der Waals surface area contributed by atoms with Gasteiger partial charge >= 0.3 is 15.2 Å². The molecule has 0 bridgehead atoms. The second-order valence-electron chi connectivity index (χ2n) is 10.8. The van der Waals surface area contributed by atoms with Gasteiger partial charge in [0.15, 0.2) is 28.6 Å². The smallest absolute Gasteiger partial charge is 0.328 e. The first-order valence-corrected chi connectivity index (χ1v) is 17.5. The summed E-state index contributed by atoms with van der Waals surface area (Å²) in [4.78, 5) is 45.6. The molecule has 242 valence electrons. The van der Waals surface area contributed by atoms with Gasteiger partial charge in [-0.15, -0.1) is 0 Å². The van der Waals surface area contributed by atoms with Gasteiger partial charge in [-0.1, -0.05) is 0 Å². The van der Waals surface area contributed by atoms with Crippen LogP contribution in [0.25, 0.3) is 22.3 Å². The number of nitrogens with one attached hydrogen (secondary N) is 2. The largest absolute Gasteiger partial charge is 0.386 e. The third kappa shape index (κ3) is 5.49. The Hall–Kier alpha value is -3.52. The summed E-state index contributed by atoms with van der Waals surface area (Å²) in [6.45, 7) is 1.70. The van der Waals surface area contributed by atoms with Gasteiger partial charge in [-0.25, -0.2) is 9.97 Å². The lowest BCUT2D eigenvalue weighted by Crippen LogP contribution is -2.37. The minimum Gasteiger partial charge on any atom is -0.386 e. The van der Waals surface area contributed by atoms with Crippen molar-refractivity contribution in [3.05, 3.63) is 33.4 Å². The summed E-state index contributed by atoms with van der Waals surface area (Å²) >= 11 is 0. The maximum absolute atomic E-state index is 13.6. The Morgan fingerprint density at radius 1 is 0.844 bits per heavy atom. The Morgan fingerprint density at radius 3 is 2.04 bits per heavy atom. The zero-order valence-corrected chi connectivity index (χ0v) is 25.4. The first-order chi connectivity index (χ1) is 21.3. The SMILES string of the molecule is CP1(=O)OC[C@H]2O[C@@H](n3cnc4c(=O)[nH]c(N)nc43)C(O)[C@H]2OP(C)(=O)OC[C@H]2O[C@@H](n3cnc4c(=O)[nH]c(N)nc43)CC2O1. The fourth-order valence-electron chi connectivity index (χ4n) is 5.57. The van der Waals surface area contributed by atoms with E-state index >= 15 is 0 Å². The van der Waals surface area contributed by atoms with Crippen LogP contribution in [0.3, 0.4) is 0 Å². The summed E-state index contributed by atoms with van der Waals surface area (Å²) in [5.74, 6) is -0.310. The fourth-order valence-corrected chi connectivity index (χ4v) is 7.95. The van der Waals surface area contributed by atoms with E-state index in [9.17, 15) is 23.8 Å². The maximum Gasteiger partial charge on any atom is 0.328 e. The van der Waals surface area contributed by atoms with Gasteiger partial charge in [0.1, 0.15) is 30.6 Å². The number of aliphatic hydroxyl groups excluding tert-OH is 1. The van der Waals surface area contributed by atoms with E-state index in [0.29, 0.717) is 0 Å². The van der Waals surface area contributed by atoms with Crippen LogP contribution in [-0.2, 0) is 36.7 Å².